The smallest absolute Gasteiger partial charge is 0.408 e. The second-order valence-corrected chi connectivity index (χ2v) is 6.43. The maximum atomic E-state index is 12.3. The first kappa shape index (κ1) is 19.4. The van der Waals surface area contributed by atoms with Gasteiger partial charge < -0.3 is 14.8 Å². The number of ether oxygens (including phenoxy) is 2. The Morgan fingerprint density at radius 1 is 1.23 bits per heavy atom. The zero-order valence-corrected chi connectivity index (χ0v) is 14.7. The second kappa shape index (κ2) is 8.98. The number of hydrogen-bond acceptors (Lipinski definition) is 6. The summed E-state index contributed by atoms with van der Waals surface area (Å²) in [6.07, 6.45) is -1.82. The Hall–Kier alpha value is -2.90. The number of esters is 1. The molecule has 1 aliphatic heterocycles. The molecule has 0 unspecified atom stereocenters. The van der Waals surface area contributed by atoms with Crippen LogP contribution in [0.15, 0.2) is 30.3 Å². The number of alkyl carbamates (subject to hydrolysis) is 1. The van der Waals surface area contributed by atoms with E-state index in [1.165, 1.54) is 0 Å². The highest BCUT2D eigenvalue weighted by Gasteiger charge is 2.36. The van der Waals surface area contributed by atoms with E-state index in [1.54, 1.807) is 0 Å². The van der Waals surface area contributed by atoms with E-state index < -0.39 is 36.0 Å². The summed E-state index contributed by atoms with van der Waals surface area (Å²) < 4.78 is 10.2. The van der Waals surface area contributed by atoms with E-state index in [0.717, 1.165) is 5.56 Å². The zero-order chi connectivity index (χ0) is 19.1. The van der Waals surface area contributed by atoms with Gasteiger partial charge in [0.05, 0.1) is 6.42 Å². The van der Waals surface area contributed by atoms with Crippen LogP contribution in [0.3, 0.4) is 0 Å². The van der Waals surface area contributed by atoms with Crippen molar-refractivity contribution in [2.45, 2.75) is 45.4 Å². The van der Waals surface area contributed by atoms with Crippen molar-refractivity contribution in [3.8, 4) is 0 Å². The fourth-order valence-corrected chi connectivity index (χ4v) is 2.44. The average Bonchev–Trinajstić information content (AvgIpc) is 2.90. The average molecular weight is 362 g/mol. The number of hydrogen-bond donors (Lipinski definition) is 2. The summed E-state index contributed by atoms with van der Waals surface area (Å²) in [5.41, 5.74) is 0.812. The number of amides is 3. The molecule has 1 saturated heterocycles. The number of carbonyl (C=O) groups excluding carboxylic acids is 4. The topological polar surface area (TPSA) is 111 Å². The maximum absolute atomic E-state index is 12.3. The van der Waals surface area contributed by atoms with E-state index >= 15 is 0 Å². The maximum Gasteiger partial charge on any atom is 0.408 e. The van der Waals surface area contributed by atoms with Gasteiger partial charge in [-0.15, -0.1) is 0 Å². The summed E-state index contributed by atoms with van der Waals surface area (Å²) in [5, 5.41) is 4.53. The molecule has 26 heavy (non-hydrogen) atoms. The lowest BCUT2D eigenvalue weighted by molar-refractivity contribution is -0.156. The highest BCUT2D eigenvalue weighted by atomic mass is 16.6. The van der Waals surface area contributed by atoms with Gasteiger partial charge in [-0.05, 0) is 17.9 Å². The van der Waals surface area contributed by atoms with Crippen LogP contribution in [-0.4, -0.2) is 36.0 Å². The predicted molar refractivity (Wildman–Crippen MR) is 90.7 cm³/mol. The third kappa shape index (κ3) is 5.87. The summed E-state index contributed by atoms with van der Waals surface area (Å²) in [6, 6.07) is 8.14. The molecule has 3 amide bonds. The molecular formula is C18H22N2O6. The minimum atomic E-state index is -1.16. The van der Waals surface area contributed by atoms with Gasteiger partial charge in [0.15, 0.2) is 6.10 Å². The molecule has 8 heteroatoms. The lowest BCUT2D eigenvalue weighted by Crippen LogP contribution is -2.44. The van der Waals surface area contributed by atoms with E-state index in [9.17, 15) is 19.2 Å². The van der Waals surface area contributed by atoms with Crippen LogP contribution in [0.5, 0.6) is 0 Å². The molecule has 8 nitrogen and oxygen atoms in total. The van der Waals surface area contributed by atoms with Gasteiger partial charge in [0.1, 0.15) is 12.6 Å². The molecule has 0 aliphatic carbocycles. The molecule has 140 valence electrons. The molecule has 2 atom stereocenters. The van der Waals surface area contributed by atoms with E-state index in [4.69, 9.17) is 9.47 Å². The Bertz CT molecular complexity index is 674. The molecular weight excluding hydrogens is 340 g/mol. The van der Waals surface area contributed by atoms with Crippen molar-refractivity contribution in [1.29, 1.82) is 0 Å². The third-order valence-electron chi connectivity index (χ3n) is 3.68. The van der Waals surface area contributed by atoms with Crippen molar-refractivity contribution < 1.29 is 28.7 Å². The van der Waals surface area contributed by atoms with E-state index in [1.807, 2.05) is 44.2 Å². The van der Waals surface area contributed by atoms with Crippen LogP contribution in [0.1, 0.15) is 32.3 Å². The number of nitrogens with one attached hydrogen (secondary N) is 2. The van der Waals surface area contributed by atoms with Gasteiger partial charge in [0, 0.05) is 0 Å². The number of rotatable bonds is 7. The van der Waals surface area contributed by atoms with Crippen LogP contribution in [0, 0.1) is 5.92 Å². The number of benzene rings is 1. The summed E-state index contributed by atoms with van der Waals surface area (Å²) >= 11 is 0. The molecule has 1 aromatic carbocycles. The first-order valence-corrected chi connectivity index (χ1v) is 8.36. The Morgan fingerprint density at radius 3 is 2.50 bits per heavy atom. The van der Waals surface area contributed by atoms with Gasteiger partial charge in [-0.3, -0.25) is 14.9 Å². The normalized spacial score (nSPS) is 17.6. The van der Waals surface area contributed by atoms with Gasteiger partial charge in [-0.25, -0.2) is 9.59 Å². The fraction of sp³-hybridized carbons (Fsp3) is 0.444. The Kier molecular flexibility index (Phi) is 6.71. The van der Waals surface area contributed by atoms with Gasteiger partial charge in [-0.2, -0.15) is 0 Å². The summed E-state index contributed by atoms with van der Waals surface area (Å²) in [4.78, 5) is 47.0. The van der Waals surface area contributed by atoms with Crippen LogP contribution in [0.4, 0.5) is 4.79 Å². The Morgan fingerprint density at radius 2 is 1.92 bits per heavy atom. The first-order chi connectivity index (χ1) is 12.3. The van der Waals surface area contributed by atoms with Gasteiger partial charge >= 0.3 is 12.1 Å². The van der Waals surface area contributed by atoms with Crippen molar-refractivity contribution in [2.75, 3.05) is 0 Å². The molecule has 1 aromatic rings. The summed E-state index contributed by atoms with van der Waals surface area (Å²) in [7, 11) is 0. The highest BCUT2D eigenvalue weighted by molar-refractivity contribution is 6.05. The highest BCUT2D eigenvalue weighted by Crippen LogP contribution is 2.12. The fourth-order valence-electron chi connectivity index (χ4n) is 2.44. The van der Waals surface area contributed by atoms with Crippen molar-refractivity contribution >= 4 is 23.9 Å². The molecule has 2 N–H and O–H groups in total. The Labute approximate surface area is 151 Å². The molecule has 2 rings (SSSR count). The minimum Gasteiger partial charge on any atom is -0.450 e. The van der Waals surface area contributed by atoms with Crippen LogP contribution in [-0.2, 0) is 30.5 Å². The molecule has 0 saturated carbocycles. The second-order valence-electron chi connectivity index (χ2n) is 6.43. The van der Waals surface area contributed by atoms with Gasteiger partial charge in [0.25, 0.3) is 5.91 Å². The molecule has 1 aliphatic rings. The quantitative estimate of drug-likeness (QED) is 0.558. The van der Waals surface area contributed by atoms with E-state index in [0.29, 0.717) is 6.42 Å². The van der Waals surface area contributed by atoms with Gasteiger partial charge in [-0.1, -0.05) is 44.2 Å². The van der Waals surface area contributed by atoms with E-state index in [2.05, 4.69) is 10.6 Å². The van der Waals surface area contributed by atoms with Gasteiger partial charge in [0.2, 0.25) is 5.91 Å². The monoisotopic (exact) mass is 362 g/mol. The van der Waals surface area contributed by atoms with E-state index in [-0.39, 0.29) is 18.9 Å². The lowest BCUT2D eigenvalue weighted by Gasteiger charge is -2.20. The predicted octanol–water partition coefficient (Wildman–Crippen LogP) is 1.29. The van der Waals surface area contributed by atoms with Crippen molar-refractivity contribution in [1.82, 2.24) is 10.6 Å². The minimum absolute atomic E-state index is 0.0651. The van der Waals surface area contributed by atoms with Crippen molar-refractivity contribution in [3.63, 3.8) is 0 Å². The summed E-state index contributed by atoms with van der Waals surface area (Å²) in [5.74, 6) is -1.84. The van der Waals surface area contributed by atoms with Crippen LogP contribution >= 0.6 is 0 Å². The molecule has 1 heterocycles. The third-order valence-corrected chi connectivity index (χ3v) is 3.68. The number of carbonyl (C=O) groups is 4. The first-order valence-electron chi connectivity index (χ1n) is 8.36. The van der Waals surface area contributed by atoms with Crippen LogP contribution in [0.2, 0.25) is 0 Å². The lowest BCUT2D eigenvalue weighted by atomic mass is 10.0. The zero-order valence-electron chi connectivity index (χ0n) is 14.7. The van der Waals surface area contributed by atoms with Crippen LogP contribution in [0.25, 0.3) is 0 Å². The number of imide groups is 1. The largest absolute Gasteiger partial charge is 0.450 e. The van der Waals surface area contributed by atoms with Crippen molar-refractivity contribution in [2.24, 2.45) is 5.92 Å². The van der Waals surface area contributed by atoms with Crippen LogP contribution < -0.4 is 10.6 Å². The molecule has 0 spiro atoms. The Balaban J connectivity index is 1.90. The molecule has 1 fully saturated rings. The molecule has 0 aromatic heterocycles. The van der Waals surface area contributed by atoms with Crippen molar-refractivity contribution in [3.05, 3.63) is 35.9 Å². The standard InChI is InChI=1S/C18H22N2O6/c1-11(2)8-13(17(23)26-14-9-15(21)20-16(14)22)19-18(24)25-10-12-6-4-3-5-7-12/h3-7,11,13-14H,8-10H2,1-2H3,(H,19,24)(H,20,21,22)/t13-,14+/m0/s1. The molecule has 0 bridgehead atoms. The SMILES string of the molecule is CC(C)C[C@H](NC(=O)OCc1ccccc1)C(=O)O[C@@H]1CC(=O)NC1=O. The molecule has 0 radical (unpaired) electrons. The summed E-state index contributed by atoms with van der Waals surface area (Å²) in [6.45, 7) is 3.82.